The van der Waals surface area contributed by atoms with Crippen LogP contribution in [0.5, 0.6) is 0 Å². The minimum Gasteiger partial charge on any atom is -0.360 e. The molecule has 6 nitrogen and oxygen atoms in total. The maximum Gasteiger partial charge on any atom is 0.146 e. The van der Waals surface area contributed by atoms with Gasteiger partial charge in [-0.15, -0.1) is 0 Å². The summed E-state index contributed by atoms with van der Waals surface area (Å²) in [4.78, 5) is 12.7. The molecule has 7 heteroatoms. The third kappa shape index (κ3) is 3.16. The molecule has 0 amide bonds. The predicted molar refractivity (Wildman–Crippen MR) is 69.5 cm³/mol. The lowest BCUT2D eigenvalue weighted by atomic mass is 10.3. The van der Waals surface area contributed by atoms with Gasteiger partial charge in [-0.25, -0.2) is 15.0 Å². The van der Waals surface area contributed by atoms with Gasteiger partial charge in [0.2, 0.25) is 0 Å². The molecule has 2 heterocycles. The van der Waals surface area contributed by atoms with Crippen molar-refractivity contribution >= 4 is 17.4 Å². The quantitative estimate of drug-likeness (QED) is 0.812. The van der Waals surface area contributed by atoms with Gasteiger partial charge in [0, 0.05) is 12.5 Å². The first-order valence-electron chi connectivity index (χ1n) is 5.84. The molecule has 0 bridgehead atoms. The second-order valence-corrected chi connectivity index (χ2v) is 4.37. The average molecular weight is 267 g/mol. The van der Waals surface area contributed by atoms with Crippen molar-refractivity contribution < 1.29 is 0 Å². The van der Waals surface area contributed by atoms with Crippen molar-refractivity contribution in [3.05, 3.63) is 29.2 Å². The van der Waals surface area contributed by atoms with Crippen molar-refractivity contribution in [3.63, 3.8) is 0 Å². The Labute approximate surface area is 110 Å². The smallest absolute Gasteiger partial charge is 0.146 e. The largest absolute Gasteiger partial charge is 0.360 e. The normalized spacial score (nSPS) is 12.4. The van der Waals surface area contributed by atoms with Gasteiger partial charge in [0.05, 0.1) is 6.04 Å². The maximum atomic E-state index is 5.97. The molecule has 2 aromatic rings. The maximum absolute atomic E-state index is 5.97. The van der Waals surface area contributed by atoms with Gasteiger partial charge in [-0.3, -0.25) is 5.10 Å². The zero-order chi connectivity index (χ0) is 13.0. The minimum absolute atomic E-state index is 0.0204. The number of nitrogens with zero attached hydrogens (tertiary/aromatic N) is 4. The fourth-order valence-corrected chi connectivity index (χ4v) is 1.79. The van der Waals surface area contributed by atoms with Crippen molar-refractivity contribution in [1.82, 2.24) is 25.1 Å². The third-order valence-electron chi connectivity index (χ3n) is 2.42. The number of rotatable bonds is 5. The van der Waals surface area contributed by atoms with Crippen LogP contribution in [0.15, 0.2) is 12.4 Å². The highest BCUT2D eigenvalue weighted by molar-refractivity contribution is 6.29. The van der Waals surface area contributed by atoms with E-state index in [1.165, 1.54) is 6.33 Å². The Balaban J connectivity index is 2.13. The number of hydrogen-bond acceptors (Lipinski definition) is 5. The molecule has 0 saturated heterocycles. The zero-order valence-corrected chi connectivity index (χ0v) is 11.1. The van der Waals surface area contributed by atoms with E-state index < -0.39 is 0 Å². The second kappa shape index (κ2) is 5.77. The van der Waals surface area contributed by atoms with Crippen molar-refractivity contribution in [2.24, 2.45) is 0 Å². The van der Waals surface area contributed by atoms with Crippen LogP contribution in [0.1, 0.15) is 38.0 Å². The topological polar surface area (TPSA) is 79.4 Å². The molecular formula is C11H15ClN6. The monoisotopic (exact) mass is 266 g/mol. The molecule has 0 aliphatic carbocycles. The Morgan fingerprint density at radius 2 is 2.28 bits per heavy atom. The standard InChI is InChI=1S/C11H15ClN6/c1-3-4-9-16-8(12)5-10(17-9)15-7(2)11-13-6-14-18-11/h5-7H,3-4H2,1-2H3,(H,13,14,18)(H,15,16,17). The summed E-state index contributed by atoms with van der Waals surface area (Å²) in [5.41, 5.74) is 0. The van der Waals surface area contributed by atoms with E-state index >= 15 is 0 Å². The lowest BCUT2D eigenvalue weighted by Crippen LogP contribution is -2.11. The second-order valence-electron chi connectivity index (χ2n) is 3.98. The van der Waals surface area contributed by atoms with E-state index in [0.29, 0.717) is 11.0 Å². The average Bonchev–Trinajstić information content (AvgIpc) is 2.81. The molecule has 2 N–H and O–H groups in total. The molecule has 0 aliphatic heterocycles. The molecular weight excluding hydrogens is 252 g/mol. The summed E-state index contributed by atoms with van der Waals surface area (Å²) >= 11 is 5.97. The van der Waals surface area contributed by atoms with E-state index in [9.17, 15) is 0 Å². The van der Waals surface area contributed by atoms with E-state index in [0.717, 1.165) is 24.5 Å². The molecule has 1 atom stereocenters. The fraction of sp³-hybridized carbons (Fsp3) is 0.455. The Hall–Kier alpha value is -1.69. The van der Waals surface area contributed by atoms with E-state index in [1.54, 1.807) is 6.07 Å². The summed E-state index contributed by atoms with van der Waals surface area (Å²) in [6.45, 7) is 4.05. The molecule has 2 aromatic heterocycles. The van der Waals surface area contributed by atoms with Gasteiger partial charge in [0.1, 0.15) is 28.9 Å². The minimum atomic E-state index is -0.0204. The first-order valence-corrected chi connectivity index (χ1v) is 6.22. The molecule has 0 aromatic carbocycles. The first-order chi connectivity index (χ1) is 8.69. The number of aromatic amines is 1. The zero-order valence-electron chi connectivity index (χ0n) is 10.3. The summed E-state index contributed by atoms with van der Waals surface area (Å²) in [7, 11) is 0. The van der Waals surface area contributed by atoms with Crippen molar-refractivity contribution in [2.75, 3.05) is 5.32 Å². The van der Waals surface area contributed by atoms with Crippen LogP contribution in [0.4, 0.5) is 5.82 Å². The van der Waals surface area contributed by atoms with Gasteiger partial charge in [-0.05, 0) is 13.3 Å². The third-order valence-corrected chi connectivity index (χ3v) is 2.62. The van der Waals surface area contributed by atoms with Crippen LogP contribution in [0, 0.1) is 0 Å². The van der Waals surface area contributed by atoms with Crippen molar-refractivity contribution in [1.29, 1.82) is 0 Å². The van der Waals surface area contributed by atoms with E-state index in [4.69, 9.17) is 11.6 Å². The van der Waals surface area contributed by atoms with Gasteiger partial charge in [-0.2, -0.15) is 5.10 Å². The van der Waals surface area contributed by atoms with Crippen LogP contribution >= 0.6 is 11.6 Å². The van der Waals surface area contributed by atoms with Crippen LogP contribution in [0.25, 0.3) is 0 Å². The summed E-state index contributed by atoms with van der Waals surface area (Å²) in [5, 5.41) is 10.3. The van der Waals surface area contributed by atoms with E-state index in [-0.39, 0.29) is 6.04 Å². The summed E-state index contributed by atoms with van der Waals surface area (Å²) in [6.07, 6.45) is 3.27. The van der Waals surface area contributed by atoms with E-state index in [2.05, 4.69) is 37.4 Å². The number of aromatic nitrogens is 5. The highest BCUT2D eigenvalue weighted by Crippen LogP contribution is 2.17. The lowest BCUT2D eigenvalue weighted by molar-refractivity contribution is 0.778. The van der Waals surface area contributed by atoms with Gasteiger partial charge in [0.25, 0.3) is 0 Å². The lowest BCUT2D eigenvalue weighted by Gasteiger charge is -2.12. The SMILES string of the molecule is CCCc1nc(Cl)cc(NC(C)c2ncn[nH]2)n1. The number of halogens is 1. The van der Waals surface area contributed by atoms with Crippen LogP contribution < -0.4 is 5.32 Å². The first kappa shape index (κ1) is 12.8. The Bertz CT molecular complexity index is 498. The molecule has 18 heavy (non-hydrogen) atoms. The number of hydrogen-bond donors (Lipinski definition) is 2. The fourth-order valence-electron chi connectivity index (χ4n) is 1.59. The molecule has 0 spiro atoms. The summed E-state index contributed by atoms with van der Waals surface area (Å²) in [5.74, 6) is 2.20. The number of aryl methyl sites for hydroxylation is 1. The van der Waals surface area contributed by atoms with Gasteiger partial charge in [0.15, 0.2) is 0 Å². The highest BCUT2D eigenvalue weighted by atomic mass is 35.5. The molecule has 0 aliphatic rings. The number of anilines is 1. The summed E-state index contributed by atoms with van der Waals surface area (Å²) < 4.78 is 0. The van der Waals surface area contributed by atoms with Crippen LogP contribution in [0.2, 0.25) is 5.15 Å². The van der Waals surface area contributed by atoms with Gasteiger partial charge >= 0.3 is 0 Å². The number of H-pyrrole nitrogens is 1. The number of nitrogens with one attached hydrogen (secondary N) is 2. The van der Waals surface area contributed by atoms with E-state index in [1.807, 2.05) is 6.92 Å². The predicted octanol–water partition coefficient (Wildman–Crippen LogP) is 2.37. The molecule has 0 radical (unpaired) electrons. The molecule has 1 unspecified atom stereocenters. The van der Waals surface area contributed by atoms with Crippen LogP contribution in [0.3, 0.4) is 0 Å². The van der Waals surface area contributed by atoms with Gasteiger partial charge in [-0.1, -0.05) is 18.5 Å². The van der Waals surface area contributed by atoms with Crippen LogP contribution in [-0.2, 0) is 6.42 Å². The molecule has 2 rings (SSSR count). The molecule has 0 saturated carbocycles. The van der Waals surface area contributed by atoms with Crippen LogP contribution in [-0.4, -0.2) is 25.1 Å². The Morgan fingerprint density at radius 3 is 2.94 bits per heavy atom. The summed E-state index contributed by atoms with van der Waals surface area (Å²) in [6, 6.07) is 1.68. The molecule has 96 valence electrons. The highest BCUT2D eigenvalue weighted by Gasteiger charge is 2.10. The van der Waals surface area contributed by atoms with Crippen molar-refractivity contribution in [2.45, 2.75) is 32.7 Å². The Morgan fingerprint density at radius 1 is 1.44 bits per heavy atom. The van der Waals surface area contributed by atoms with Gasteiger partial charge < -0.3 is 5.32 Å². The molecule has 0 fully saturated rings. The Kier molecular flexibility index (Phi) is 4.09. The van der Waals surface area contributed by atoms with Crippen molar-refractivity contribution in [3.8, 4) is 0 Å².